The summed E-state index contributed by atoms with van der Waals surface area (Å²) in [6.45, 7) is 9.98. The van der Waals surface area contributed by atoms with E-state index in [1.165, 1.54) is 11.1 Å². The minimum absolute atomic E-state index is 0.203. The number of ether oxygens (including phenoxy) is 1. The van der Waals surface area contributed by atoms with Crippen molar-refractivity contribution in [1.82, 2.24) is 9.80 Å². The van der Waals surface area contributed by atoms with Crippen LogP contribution in [0.4, 0.5) is 4.39 Å². The van der Waals surface area contributed by atoms with Crippen LogP contribution in [0.1, 0.15) is 68.6 Å². The Bertz CT molecular complexity index is 1310. The van der Waals surface area contributed by atoms with Crippen LogP contribution in [0.2, 0.25) is 0 Å². The Kier molecular flexibility index (Phi) is 6.57. The van der Waals surface area contributed by atoms with Crippen molar-refractivity contribution in [1.29, 1.82) is 0 Å². The number of likely N-dealkylation sites (tertiary alicyclic amines) is 2. The normalized spacial score (nSPS) is 21.8. The smallest absolute Gasteiger partial charge is 0.309 e. The lowest BCUT2D eigenvalue weighted by atomic mass is 9.80. The molecular weight excluding hydrogens is 497 g/mol. The molecule has 2 aromatic carbocycles. The van der Waals surface area contributed by atoms with Gasteiger partial charge >= 0.3 is 5.97 Å². The van der Waals surface area contributed by atoms with Crippen LogP contribution < -0.4 is 4.74 Å². The van der Waals surface area contributed by atoms with E-state index in [4.69, 9.17) is 9.57 Å². The lowest BCUT2D eigenvalue weighted by Crippen LogP contribution is -2.61. The summed E-state index contributed by atoms with van der Waals surface area (Å²) in [5.41, 5.74) is 3.84. The first-order chi connectivity index (χ1) is 18.7. The molecule has 0 unspecified atom stereocenters. The topological polar surface area (TPSA) is 74.6 Å². The van der Waals surface area contributed by atoms with Crippen molar-refractivity contribution >= 4 is 11.8 Å². The van der Waals surface area contributed by atoms with Gasteiger partial charge in [0.05, 0.1) is 18.4 Å². The van der Waals surface area contributed by atoms with Crippen LogP contribution in [0.15, 0.2) is 35.5 Å². The molecule has 1 aliphatic carbocycles. The Morgan fingerprint density at radius 2 is 1.95 bits per heavy atom. The fourth-order valence-corrected chi connectivity index (χ4v) is 6.34. The highest BCUT2D eigenvalue weighted by Crippen LogP contribution is 2.49. The van der Waals surface area contributed by atoms with E-state index in [1.54, 1.807) is 6.07 Å². The first kappa shape index (κ1) is 26.1. The molecular formula is C31H38FN3O4. The summed E-state index contributed by atoms with van der Waals surface area (Å²) in [6, 6.07) is 9.78. The standard InChI is InChI=1S/C31H38FN3O4/c1-4-38-26-15-21(14-24(22-6-7-22)28(26)23-8-5-20(2)13-25(23)32)17-34-18-31(19-34)16-27(33-39-31)35-11-9-30(3,10-12-35)29(36)37/h5,8,13-15,22H,4,6-7,9-12,16-19H2,1-3H3,(H,36,37). The molecule has 39 heavy (non-hydrogen) atoms. The molecule has 4 aliphatic rings. The monoisotopic (exact) mass is 535 g/mol. The molecule has 2 saturated heterocycles. The van der Waals surface area contributed by atoms with Crippen LogP contribution in [0, 0.1) is 18.2 Å². The van der Waals surface area contributed by atoms with Crippen molar-refractivity contribution in [2.75, 3.05) is 32.8 Å². The number of aliphatic carboxylic acids is 1. The van der Waals surface area contributed by atoms with Crippen molar-refractivity contribution in [2.45, 2.75) is 70.9 Å². The second-order valence-electron chi connectivity index (χ2n) is 12.2. The molecule has 3 heterocycles. The van der Waals surface area contributed by atoms with E-state index in [9.17, 15) is 9.90 Å². The molecule has 0 bridgehead atoms. The number of rotatable bonds is 7. The van der Waals surface area contributed by atoms with Crippen LogP contribution in [0.25, 0.3) is 11.1 Å². The maximum atomic E-state index is 15.1. The third-order valence-electron chi connectivity index (χ3n) is 8.91. The SMILES string of the molecule is CCOc1cc(CN2CC3(CC(N4CCC(C)(C(=O)O)CC4)=NO3)C2)cc(C2CC2)c1-c1ccc(C)cc1F. The molecule has 1 saturated carbocycles. The van der Waals surface area contributed by atoms with Gasteiger partial charge in [-0.1, -0.05) is 23.4 Å². The van der Waals surface area contributed by atoms with E-state index in [0.29, 0.717) is 44.0 Å². The Labute approximate surface area is 229 Å². The van der Waals surface area contributed by atoms with Crippen molar-refractivity contribution in [3.63, 3.8) is 0 Å². The lowest BCUT2D eigenvalue weighted by Gasteiger charge is -2.45. The minimum Gasteiger partial charge on any atom is -0.493 e. The zero-order valence-corrected chi connectivity index (χ0v) is 23.1. The summed E-state index contributed by atoms with van der Waals surface area (Å²) in [5.74, 6) is 1.24. The van der Waals surface area contributed by atoms with Crippen molar-refractivity contribution in [3.05, 3.63) is 52.8 Å². The summed E-state index contributed by atoms with van der Waals surface area (Å²) in [7, 11) is 0. The van der Waals surface area contributed by atoms with E-state index < -0.39 is 11.4 Å². The molecule has 208 valence electrons. The fraction of sp³-hybridized carbons (Fsp3) is 0.548. The quantitative estimate of drug-likeness (QED) is 0.501. The van der Waals surface area contributed by atoms with Crippen LogP contribution in [0.5, 0.6) is 5.75 Å². The molecule has 3 aliphatic heterocycles. The number of benzene rings is 2. The van der Waals surface area contributed by atoms with Crippen LogP contribution >= 0.6 is 0 Å². The van der Waals surface area contributed by atoms with Gasteiger partial charge < -0.3 is 19.6 Å². The number of nitrogens with zero attached hydrogens (tertiary/aromatic N) is 3. The Balaban J connectivity index is 1.14. The second-order valence-corrected chi connectivity index (χ2v) is 12.2. The molecule has 3 fully saturated rings. The van der Waals surface area contributed by atoms with Gasteiger partial charge in [-0.05, 0) is 81.2 Å². The molecule has 2 aromatic rings. The number of piperidine rings is 1. The third-order valence-corrected chi connectivity index (χ3v) is 8.91. The largest absolute Gasteiger partial charge is 0.493 e. The summed E-state index contributed by atoms with van der Waals surface area (Å²) < 4.78 is 21.2. The van der Waals surface area contributed by atoms with Gasteiger partial charge in [-0.2, -0.15) is 0 Å². The first-order valence-corrected chi connectivity index (χ1v) is 14.2. The zero-order chi connectivity index (χ0) is 27.4. The number of carboxylic acids is 1. The fourth-order valence-electron chi connectivity index (χ4n) is 6.34. The number of halogens is 1. The van der Waals surface area contributed by atoms with E-state index >= 15 is 4.39 Å². The van der Waals surface area contributed by atoms with E-state index in [1.807, 2.05) is 32.9 Å². The number of hydrogen-bond acceptors (Lipinski definition) is 6. The van der Waals surface area contributed by atoms with Gasteiger partial charge in [-0.15, -0.1) is 0 Å². The molecule has 7 nitrogen and oxygen atoms in total. The third kappa shape index (κ3) is 4.99. The minimum atomic E-state index is -0.716. The van der Waals surface area contributed by atoms with Crippen molar-refractivity contribution < 1.29 is 23.9 Å². The average molecular weight is 536 g/mol. The number of carboxylic acid groups (broad SMARTS) is 1. The number of oxime groups is 1. The number of hydrogen-bond donors (Lipinski definition) is 1. The van der Waals surface area contributed by atoms with E-state index in [-0.39, 0.29) is 11.4 Å². The highest BCUT2D eigenvalue weighted by molar-refractivity contribution is 5.85. The highest BCUT2D eigenvalue weighted by atomic mass is 19.1. The van der Waals surface area contributed by atoms with E-state index in [0.717, 1.165) is 61.6 Å². The first-order valence-electron chi connectivity index (χ1n) is 14.2. The predicted molar refractivity (Wildman–Crippen MR) is 147 cm³/mol. The van der Waals surface area contributed by atoms with Gasteiger partial charge in [0.1, 0.15) is 17.4 Å². The molecule has 1 N–H and O–H groups in total. The molecule has 0 atom stereocenters. The maximum Gasteiger partial charge on any atom is 0.309 e. The zero-order valence-electron chi connectivity index (χ0n) is 23.1. The van der Waals surface area contributed by atoms with Crippen LogP contribution in [-0.2, 0) is 16.2 Å². The summed E-state index contributed by atoms with van der Waals surface area (Å²) in [6.07, 6.45) is 4.25. The lowest BCUT2D eigenvalue weighted by molar-refractivity contribution is -0.150. The molecule has 0 amide bonds. The molecule has 6 rings (SSSR count). The highest BCUT2D eigenvalue weighted by Gasteiger charge is 2.51. The van der Waals surface area contributed by atoms with Gasteiger partial charge in [0.2, 0.25) is 0 Å². The molecule has 0 radical (unpaired) electrons. The van der Waals surface area contributed by atoms with Crippen molar-refractivity contribution in [3.8, 4) is 16.9 Å². The van der Waals surface area contributed by atoms with Gasteiger partial charge in [0.15, 0.2) is 5.60 Å². The molecule has 1 spiro atoms. The van der Waals surface area contributed by atoms with Gasteiger partial charge in [0.25, 0.3) is 0 Å². The van der Waals surface area contributed by atoms with Crippen LogP contribution in [0.3, 0.4) is 0 Å². The number of carbonyl (C=O) groups is 1. The van der Waals surface area contributed by atoms with Gasteiger partial charge in [-0.25, -0.2) is 4.39 Å². The predicted octanol–water partition coefficient (Wildman–Crippen LogP) is 5.55. The van der Waals surface area contributed by atoms with E-state index in [2.05, 4.69) is 27.1 Å². The maximum absolute atomic E-state index is 15.1. The Hall–Kier alpha value is -3.13. The second kappa shape index (κ2) is 9.81. The average Bonchev–Trinajstić information content (AvgIpc) is 3.63. The van der Waals surface area contributed by atoms with Crippen molar-refractivity contribution in [2.24, 2.45) is 10.6 Å². The summed E-state index contributed by atoms with van der Waals surface area (Å²) >= 11 is 0. The summed E-state index contributed by atoms with van der Waals surface area (Å²) in [5, 5.41) is 13.9. The van der Waals surface area contributed by atoms with Crippen LogP contribution in [-0.4, -0.2) is 65.1 Å². The number of aryl methyl sites for hydroxylation is 1. The molecule has 0 aromatic heterocycles. The van der Waals surface area contributed by atoms with Gasteiger partial charge in [-0.3, -0.25) is 9.69 Å². The Morgan fingerprint density at radius 3 is 2.59 bits per heavy atom. The van der Waals surface area contributed by atoms with Gasteiger partial charge in [0, 0.05) is 43.9 Å². The summed E-state index contributed by atoms with van der Waals surface area (Å²) in [4.78, 5) is 22.1. The Morgan fingerprint density at radius 1 is 1.21 bits per heavy atom. The molecule has 8 heteroatoms. The number of amidine groups is 1.